The van der Waals surface area contributed by atoms with Crippen molar-refractivity contribution in [2.24, 2.45) is 17.8 Å². The molecule has 1 aromatic carbocycles. The van der Waals surface area contributed by atoms with Gasteiger partial charge in [0.2, 0.25) is 10.0 Å². The molecule has 0 bridgehead atoms. The number of nitrogen functional groups attached to an aromatic ring is 1. The van der Waals surface area contributed by atoms with Gasteiger partial charge in [-0.3, -0.25) is 0 Å². The van der Waals surface area contributed by atoms with E-state index in [1.165, 1.54) is 0 Å². The van der Waals surface area contributed by atoms with Gasteiger partial charge in [-0.05, 0) is 45.8 Å². The normalized spacial score (nSPS) is 12.6. The van der Waals surface area contributed by atoms with Crippen LogP contribution in [0.25, 0.3) is 0 Å². The molecule has 0 saturated carbocycles. The van der Waals surface area contributed by atoms with Gasteiger partial charge in [0.25, 0.3) is 0 Å². The van der Waals surface area contributed by atoms with Crippen LogP contribution in [-0.4, -0.2) is 15.0 Å². The predicted molar refractivity (Wildman–Crippen MR) is 94.6 cm³/mol. The Balaban J connectivity index is 3.03. The summed E-state index contributed by atoms with van der Waals surface area (Å²) in [4.78, 5) is 0.0944. The van der Waals surface area contributed by atoms with Gasteiger partial charge in [-0.25, -0.2) is 13.1 Å². The van der Waals surface area contributed by atoms with Crippen LogP contribution in [0.15, 0.2) is 26.0 Å². The molecule has 0 aromatic heterocycles. The minimum atomic E-state index is -3.64. The lowest BCUT2D eigenvalue weighted by atomic mass is 9.86. The Morgan fingerprint density at radius 3 is 2.10 bits per heavy atom. The number of nitrogens with two attached hydrogens (primary N) is 1. The molecule has 4 nitrogen and oxygen atoms in total. The van der Waals surface area contributed by atoms with Gasteiger partial charge in [0.15, 0.2) is 0 Å². The van der Waals surface area contributed by atoms with Gasteiger partial charge in [-0.1, -0.05) is 43.6 Å². The van der Waals surface area contributed by atoms with E-state index in [0.29, 0.717) is 22.9 Å². The van der Waals surface area contributed by atoms with Crippen LogP contribution in [0.1, 0.15) is 27.7 Å². The topological polar surface area (TPSA) is 72.2 Å². The van der Waals surface area contributed by atoms with Crippen LogP contribution >= 0.6 is 31.9 Å². The lowest BCUT2D eigenvalue weighted by Crippen LogP contribution is -2.34. The van der Waals surface area contributed by atoms with Gasteiger partial charge in [-0.2, -0.15) is 0 Å². The van der Waals surface area contributed by atoms with E-state index in [0.717, 1.165) is 4.47 Å². The Labute approximate surface area is 144 Å². The number of benzene rings is 1. The Bertz CT molecular complexity index is 570. The van der Waals surface area contributed by atoms with Gasteiger partial charge < -0.3 is 5.73 Å². The number of halogens is 2. The van der Waals surface area contributed by atoms with Crippen LogP contribution in [-0.2, 0) is 10.0 Å². The van der Waals surface area contributed by atoms with Crippen molar-refractivity contribution in [3.8, 4) is 0 Å². The first-order chi connectivity index (χ1) is 9.56. The monoisotopic (exact) mass is 440 g/mol. The number of nitrogens with one attached hydrogen (secondary N) is 1. The highest BCUT2D eigenvalue weighted by molar-refractivity contribution is 9.11. The zero-order valence-corrected chi connectivity index (χ0v) is 16.6. The van der Waals surface area contributed by atoms with Crippen LogP contribution in [0, 0.1) is 17.8 Å². The summed E-state index contributed by atoms with van der Waals surface area (Å²) in [6, 6.07) is 3.26. The first kappa shape index (κ1) is 18.9. The van der Waals surface area contributed by atoms with Crippen molar-refractivity contribution in [2.75, 3.05) is 12.3 Å². The molecular formula is C14H22Br2N2O2S. The summed E-state index contributed by atoms with van der Waals surface area (Å²) in [6.45, 7) is 8.80. The molecule has 0 aliphatic rings. The molecule has 0 amide bonds. The molecule has 0 spiro atoms. The molecule has 1 aromatic rings. The van der Waals surface area contributed by atoms with E-state index in [1.807, 2.05) is 0 Å². The summed E-state index contributed by atoms with van der Waals surface area (Å²) >= 11 is 6.56. The van der Waals surface area contributed by atoms with E-state index in [9.17, 15) is 8.42 Å². The third-order valence-electron chi connectivity index (χ3n) is 3.53. The van der Waals surface area contributed by atoms with Gasteiger partial charge in [-0.15, -0.1) is 0 Å². The maximum atomic E-state index is 12.5. The number of anilines is 1. The van der Waals surface area contributed by atoms with Gasteiger partial charge >= 0.3 is 0 Å². The molecule has 21 heavy (non-hydrogen) atoms. The molecule has 0 heterocycles. The van der Waals surface area contributed by atoms with Crippen molar-refractivity contribution < 1.29 is 8.42 Å². The maximum Gasteiger partial charge on any atom is 0.243 e. The van der Waals surface area contributed by atoms with E-state index >= 15 is 0 Å². The van der Waals surface area contributed by atoms with Crippen LogP contribution < -0.4 is 10.5 Å². The molecule has 1 rings (SSSR count). The van der Waals surface area contributed by atoms with E-state index in [4.69, 9.17) is 5.73 Å². The summed E-state index contributed by atoms with van der Waals surface area (Å²) in [5.41, 5.74) is 6.07. The molecule has 120 valence electrons. The van der Waals surface area contributed by atoms with Crippen molar-refractivity contribution in [1.82, 2.24) is 4.72 Å². The standard InChI is InChI=1S/C14H22Br2N2O2S/c1-8(2)11(9(3)4)7-18-21(19,20)14-12(16)5-10(15)6-13(14)17/h5-6,8-9,11,18H,7,17H2,1-4H3. The van der Waals surface area contributed by atoms with Gasteiger partial charge in [0.1, 0.15) is 4.90 Å². The molecule has 0 aliphatic heterocycles. The molecule has 0 unspecified atom stereocenters. The molecule has 0 fully saturated rings. The zero-order valence-electron chi connectivity index (χ0n) is 12.7. The van der Waals surface area contributed by atoms with Crippen LogP contribution in [0.5, 0.6) is 0 Å². The lowest BCUT2D eigenvalue weighted by molar-refractivity contribution is 0.289. The third kappa shape index (κ3) is 4.94. The summed E-state index contributed by atoms with van der Waals surface area (Å²) < 4.78 is 28.9. The second-order valence-corrected chi connectivity index (χ2v) is 9.28. The third-order valence-corrected chi connectivity index (χ3v) is 6.41. The van der Waals surface area contributed by atoms with Crippen molar-refractivity contribution in [3.63, 3.8) is 0 Å². The summed E-state index contributed by atoms with van der Waals surface area (Å²) in [5.74, 6) is 1.08. The van der Waals surface area contributed by atoms with E-state index in [-0.39, 0.29) is 16.5 Å². The Hall–Kier alpha value is -0.110. The molecule has 0 aliphatic carbocycles. The van der Waals surface area contributed by atoms with Crippen molar-refractivity contribution >= 4 is 47.6 Å². The highest BCUT2D eigenvalue weighted by atomic mass is 79.9. The fourth-order valence-electron chi connectivity index (χ4n) is 2.38. The lowest BCUT2D eigenvalue weighted by Gasteiger charge is -2.25. The number of hydrogen-bond acceptors (Lipinski definition) is 3. The smallest absolute Gasteiger partial charge is 0.243 e. The van der Waals surface area contributed by atoms with Crippen molar-refractivity contribution in [1.29, 1.82) is 0 Å². The van der Waals surface area contributed by atoms with E-state index < -0.39 is 10.0 Å². The predicted octanol–water partition coefficient (Wildman–Crippen LogP) is 4.00. The molecule has 0 atom stereocenters. The molecule has 3 N–H and O–H groups in total. The Kier molecular flexibility index (Phi) is 6.71. The van der Waals surface area contributed by atoms with Gasteiger partial charge in [0, 0.05) is 15.5 Å². The summed E-state index contributed by atoms with van der Waals surface area (Å²) in [5, 5.41) is 0. The van der Waals surface area contributed by atoms with E-state index in [2.05, 4.69) is 64.3 Å². The number of rotatable bonds is 6. The first-order valence-electron chi connectivity index (χ1n) is 6.80. The molecule has 7 heteroatoms. The average Bonchev–Trinajstić information content (AvgIpc) is 2.25. The second kappa shape index (κ2) is 7.44. The maximum absolute atomic E-state index is 12.5. The zero-order chi connectivity index (χ0) is 16.4. The number of sulfonamides is 1. The fraction of sp³-hybridized carbons (Fsp3) is 0.571. The fourth-order valence-corrected chi connectivity index (χ4v) is 5.52. The summed E-state index contributed by atoms with van der Waals surface area (Å²) in [6.07, 6.45) is 0. The Morgan fingerprint density at radius 2 is 1.67 bits per heavy atom. The summed E-state index contributed by atoms with van der Waals surface area (Å²) in [7, 11) is -3.64. The van der Waals surface area contributed by atoms with Crippen LogP contribution in [0.3, 0.4) is 0 Å². The van der Waals surface area contributed by atoms with Gasteiger partial charge in [0.05, 0.1) is 5.69 Å². The Morgan fingerprint density at radius 1 is 1.14 bits per heavy atom. The SMILES string of the molecule is CC(C)C(CNS(=O)(=O)c1c(N)cc(Br)cc1Br)C(C)C. The molecule has 0 saturated heterocycles. The highest BCUT2D eigenvalue weighted by Crippen LogP contribution is 2.31. The minimum absolute atomic E-state index is 0.0944. The minimum Gasteiger partial charge on any atom is -0.398 e. The highest BCUT2D eigenvalue weighted by Gasteiger charge is 2.25. The van der Waals surface area contributed by atoms with Crippen LogP contribution in [0.4, 0.5) is 5.69 Å². The average molecular weight is 442 g/mol. The van der Waals surface area contributed by atoms with Crippen LogP contribution in [0.2, 0.25) is 0 Å². The first-order valence-corrected chi connectivity index (χ1v) is 9.87. The largest absolute Gasteiger partial charge is 0.398 e. The quantitative estimate of drug-likeness (QED) is 0.655. The van der Waals surface area contributed by atoms with E-state index in [1.54, 1.807) is 12.1 Å². The number of hydrogen-bond donors (Lipinski definition) is 2. The molecular weight excluding hydrogens is 420 g/mol. The molecule has 0 radical (unpaired) electrons. The van der Waals surface area contributed by atoms with Crippen molar-refractivity contribution in [3.05, 3.63) is 21.1 Å². The second-order valence-electron chi connectivity index (χ2n) is 5.81. The van der Waals surface area contributed by atoms with Crippen molar-refractivity contribution in [2.45, 2.75) is 32.6 Å².